The first-order valence-electron chi connectivity index (χ1n) is 7.26. The molecular weight excluding hydrogens is 252 g/mol. The zero-order valence-electron chi connectivity index (χ0n) is 12.8. The summed E-state index contributed by atoms with van der Waals surface area (Å²) in [5, 5.41) is 10.9. The Bertz CT molecular complexity index is 479. The molecule has 0 aromatic carbocycles. The van der Waals surface area contributed by atoms with E-state index >= 15 is 0 Å². The van der Waals surface area contributed by atoms with E-state index in [1.807, 2.05) is 13.0 Å². The number of aromatic nitrogens is 2. The number of aryl methyl sites for hydroxylation is 1. The van der Waals surface area contributed by atoms with Crippen LogP contribution in [0.1, 0.15) is 49.7 Å². The van der Waals surface area contributed by atoms with E-state index in [9.17, 15) is 4.79 Å². The highest BCUT2D eigenvalue weighted by Gasteiger charge is 2.32. The van der Waals surface area contributed by atoms with Gasteiger partial charge in [-0.3, -0.25) is 4.79 Å². The average Bonchev–Trinajstić information content (AvgIpc) is 2.39. The third kappa shape index (κ3) is 3.33. The first-order valence-corrected chi connectivity index (χ1v) is 7.26. The number of nitrogens with one attached hydrogen (secondary N) is 1. The molecule has 5 heteroatoms. The summed E-state index contributed by atoms with van der Waals surface area (Å²) in [4.78, 5) is 14.8. The van der Waals surface area contributed by atoms with Gasteiger partial charge in [-0.15, -0.1) is 5.10 Å². The lowest BCUT2D eigenvalue weighted by atomic mass is 9.88. The highest BCUT2D eigenvalue weighted by molar-refractivity contribution is 5.93. The predicted molar refractivity (Wildman–Crippen MR) is 78.6 cm³/mol. The molecule has 1 amide bonds. The maximum Gasteiger partial charge on any atom is 0.272 e. The number of hydrogen-bond acceptors (Lipinski definition) is 4. The van der Waals surface area contributed by atoms with Crippen LogP contribution in [0.25, 0.3) is 0 Å². The minimum atomic E-state index is -0.146. The van der Waals surface area contributed by atoms with Crippen molar-refractivity contribution >= 4 is 5.91 Å². The Balaban J connectivity index is 2.00. The van der Waals surface area contributed by atoms with Crippen LogP contribution in [0.2, 0.25) is 0 Å². The van der Waals surface area contributed by atoms with Crippen molar-refractivity contribution in [2.24, 2.45) is 0 Å². The third-order valence-electron chi connectivity index (χ3n) is 4.18. The number of rotatable bonds is 3. The van der Waals surface area contributed by atoms with Crippen molar-refractivity contribution in [3.05, 3.63) is 23.5 Å². The highest BCUT2D eigenvalue weighted by Crippen LogP contribution is 2.23. The summed E-state index contributed by atoms with van der Waals surface area (Å²) in [6.45, 7) is 10.5. The summed E-state index contributed by atoms with van der Waals surface area (Å²) >= 11 is 0. The summed E-state index contributed by atoms with van der Waals surface area (Å²) in [7, 11) is 0. The Morgan fingerprint density at radius 2 is 2.05 bits per heavy atom. The molecule has 0 spiro atoms. The fourth-order valence-corrected chi connectivity index (χ4v) is 2.61. The topological polar surface area (TPSA) is 58.1 Å². The van der Waals surface area contributed by atoms with Crippen LogP contribution in [0.15, 0.2) is 12.3 Å². The normalized spacial score (nSPS) is 19.1. The van der Waals surface area contributed by atoms with E-state index in [4.69, 9.17) is 0 Å². The van der Waals surface area contributed by atoms with Gasteiger partial charge in [0.15, 0.2) is 5.69 Å². The van der Waals surface area contributed by atoms with Crippen LogP contribution in [0.5, 0.6) is 0 Å². The number of carbonyl (C=O) groups excluding carboxylic acids is 1. The van der Waals surface area contributed by atoms with Gasteiger partial charge in [0.1, 0.15) is 0 Å². The number of hydrogen-bond donors (Lipinski definition) is 1. The van der Waals surface area contributed by atoms with Crippen molar-refractivity contribution in [1.82, 2.24) is 20.4 Å². The molecule has 1 saturated heterocycles. The molecule has 5 nitrogen and oxygen atoms in total. The first kappa shape index (κ1) is 14.9. The van der Waals surface area contributed by atoms with E-state index < -0.39 is 0 Å². The van der Waals surface area contributed by atoms with Crippen LogP contribution < -0.4 is 5.32 Å². The second kappa shape index (κ2) is 5.87. The Hall–Kier alpha value is -1.49. The number of nitrogens with zero attached hydrogens (tertiary/aromatic N) is 3. The van der Waals surface area contributed by atoms with Crippen LogP contribution in [0.4, 0.5) is 0 Å². The standard InChI is InChI=1S/C15H24N4O/c1-11(2)19-9-6-15(4,7-10-19)17-14(20)13-12(3)5-8-16-18-13/h5,8,11H,6-7,9-10H2,1-4H3,(H,17,20). The molecule has 0 aliphatic carbocycles. The fourth-order valence-electron chi connectivity index (χ4n) is 2.61. The summed E-state index contributed by atoms with van der Waals surface area (Å²) in [5.41, 5.74) is 1.15. The zero-order valence-corrected chi connectivity index (χ0v) is 12.8. The van der Waals surface area contributed by atoms with Gasteiger partial charge >= 0.3 is 0 Å². The molecule has 2 heterocycles. The highest BCUT2D eigenvalue weighted by atomic mass is 16.2. The Morgan fingerprint density at radius 1 is 1.40 bits per heavy atom. The monoisotopic (exact) mass is 276 g/mol. The lowest BCUT2D eigenvalue weighted by molar-refractivity contribution is 0.0795. The van der Waals surface area contributed by atoms with E-state index in [0.717, 1.165) is 31.5 Å². The molecule has 0 atom stereocenters. The van der Waals surface area contributed by atoms with Crippen molar-refractivity contribution in [1.29, 1.82) is 0 Å². The zero-order chi connectivity index (χ0) is 14.8. The summed E-state index contributed by atoms with van der Waals surface area (Å²) in [6, 6.07) is 2.38. The maximum atomic E-state index is 12.3. The number of amides is 1. The van der Waals surface area contributed by atoms with Gasteiger partial charge in [-0.2, -0.15) is 5.10 Å². The van der Waals surface area contributed by atoms with E-state index in [2.05, 4.69) is 41.2 Å². The minimum Gasteiger partial charge on any atom is -0.345 e. The van der Waals surface area contributed by atoms with E-state index in [0.29, 0.717) is 11.7 Å². The van der Waals surface area contributed by atoms with Gasteiger partial charge in [0.05, 0.1) is 0 Å². The molecule has 1 aromatic rings. The molecule has 1 aliphatic heterocycles. The van der Waals surface area contributed by atoms with Gasteiger partial charge in [-0.1, -0.05) is 0 Å². The summed E-state index contributed by atoms with van der Waals surface area (Å²) in [6.07, 6.45) is 3.54. The molecule has 0 unspecified atom stereocenters. The molecule has 1 N–H and O–H groups in total. The number of piperidine rings is 1. The largest absolute Gasteiger partial charge is 0.345 e. The van der Waals surface area contributed by atoms with Crippen LogP contribution >= 0.6 is 0 Å². The van der Waals surface area contributed by atoms with Crippen LogP contribution in [-0.2, 0) is 0 Å². The van der Waals surface area contributed by atoms with E-state index in [1.165, 1.54) is 0 Å². The molecule has 0 saturated carbocycles. The SMILES string of the molecule is Cc1ccnnc1C(=O)NC1(C)CCN(C(C)C)CC1. The molecule has 2 rings (SSSR count). The number of carbonyl (C=O) groups is 1. The van der Waals surface area contributed by atoms with E-state index in [-0.39, 0.29) is 11.4 Å². The van der Waals surface area contributed by atoms with Crippen molar-refractivity contribution in [2.45, 2.75) is 52.1 Å². The Labute approximate surface area is 120 Å². The smallest absolute Gasteiger partial charge is 0.272 e. The van der Waals surface area contributed by atoms with Gasteiger partial charge in [-0.25, -0.2) is 0 Å². The Kier molecular flexibility index (Phi) is 4.38. The number of likely N-dealkylation sites (tertiary alicyclic amines) is 1. The molecule has 1 aliphatic rings. The molecule has 20 heavy (non-hydrogen) atoms. The predicted octanol–water partition coefficient (Wildman–Crippen LogP) is 1.78. The molecule has 1 fully saturated rings. The minimum absolute atomic E-state index is 0.115. The maximum absolute atomic E-state index is 12.3. The molecule has 0 bridgehead atoms. The fraction of sp³-hybridized carbons (Fsp3) is 0.667. The first-order chi connectivity index (χ1) is 9.41. The second-order valence-electron chi connectivity index (χ2n) is 6.21. The van der Waals surface area contributed by atoms with Gasteiger partial charge in [0.2, 0.25) is 0 Å². The molecular formula is C15H24N4O. The quantitative estimate of drug-likeness (QED) is 0.914. The molecule has 0 radical (unpaired) electrons. The van der Waals surface area contributed by atoms with E-state index in [1.54, 1.807) is 6.20 Å². The second-order valence-corrected chi connectivity index (χ2v) is 6.21. The van der Waals surface area contributed by atoms with Crippen molar-refractivity contribution in [2.75, 3.05) is 13.1 Å². The van der Waals surface area contributed by atoms with Gasteiger partial charge in [0.25, 0.3) is 5.91 Å². The van der Waals surface area contributed by atoms with Crippen LogP contribution in [-0.4, -0.2) is 45.7 Å². The van der Waals surface area contributed by atoms with Crippen LogP contribution in [0.3, 0.4) is 0 Å². The van der Waals surface area contributed by atoms with Crippen molar-refractivity contribution in [3.8, 4) is 0 Å². The van der Waals surface area contributed by atoms with Gasteiger partial charge in [-0.05, 0) is 52.2 Å². The van der Waals surface area contributed by atoms with Crippen molar-refractivity contribution < 1.29 is 4.79 Å². The van der Waals surface area contributed by atoms with Crippen molar-refractivity contribution in [3.63, 3.8) is 0 Å². The van der Waals surface area contributed by atoms with Gasteiger partial charge < -0.3 is 10.2 Å². The van der Waals surface area contributed by atoms with Crippen LogP contribution in [0, 0.1) is 6.92 Å². The summed E-state index contributed by atoms with van der Waals surface area (Å²) < 4.78 is 0. The molecule has 1 aromatic heterocycles. The Morgan fingerprint density at radius 3 is 2.60 bits per heavy atom. The third-order valence-corrected chi connectivity index (χ3v) is 4.18. The average molecular weight is 276 g/mol. The summed E-state index contributed by atoms with van der Waals surface area (Å²) in [5.74, 6) is -0.115. The van der Waals surface area contributed by atoms with Gasteiger partial charge in [0, 0.05) is 30.9 Å². The molecule has 110 valence electrons. The lowest BCUT2D eigenvalue weighted by Crippen LogP contribution is -2.54. The lowest BCUT2D eigenvalue weighted by Gasteiger charge is -2.41.